The van der Waals surface area contributed by atoms with Crippen LogP contribution in [0.5, 0.6) is 0 Å². The fourth-order valence-corrected chi connectivity index (χ4v) is 10.8. The van der Waals surface area contributed by atoms with Gasteiger partial charge in [-0.1, -0.05) is 121 Å². The summed E-state index contributed by atoms with van der Waals surface area (Å²) in [6.45, 7) is -1.92. The first-order valence-corrected chi connectivity index (χ1v) is 17.9. The number of rotatable bonds is 8. The van der Waals surface area contributed by atoms with Crippen LogP contribution < -0.4 is 20.8 Å². The van der Waals surface area contributed by atoms with Crippen LogP contribution in [-0.2, 0) is 20.5 Å². The Hall–Kier alpha value is -6.06. The summed E-state index contributed by atoms with van der Waals surface area (Å²) < 4.78 is 46.1. The van der Waals surface area contributed by atoms with Gasteiger partial charge in [0, 0.05) is 0 Å². The van der Waals surface area contributed by atoms with Gasteiger partial charge in [-0.2, -0.15) is 18.3 Å². The van der Waals surface area contributed by atoms with Gasteiger partial charge in [0.1, 0.15) is 5.84 Å². The Morgan fingerprint density at radius 1 is 0.731 bits per heavy atom. The number of esters is 1. The van der Waals surface area contributed by atoms with E-state index in [2.05, 4.69) is 10.2 Å². The highest BCUT2D eigenvalue weighted by atomic mass is 31.2. The largest absolute Gasteiger partial charge is 0.466 e. The van der Waals surface area contributed by atoms with E-state index in [1.807, 2.05) is 109 Å². The van der Waals surface area contributed by atoms with Gasteiger partial charge in [-0.25, -0.2) is 14.5 Å². The summed E-state index contributed by atoms with van der Waals surface area (Å²) >= 11 is 0. The smallest absolute Gasteiger partial charge is 0.416 e. The normalized spacial score (nSPS) is 15.3. The highest BCUT2D eigenvalue weighted by Crippen LogP contribution is 2.49. The van der Waals surface area contributed by atoms with Crippen molar-refractivity contribution in [1.82, 2.24) is 4.90 Å². The summed E-state index contributed by atoms with van der Waals surface area (Å²) in [4.78, 5) is 45.9. The Labute approximate surface area is 298 Å². The number of benzene rings is 5. The van der Waals surface area contributed by atoms with E-state index in [-0.39, 0.29) is 16.8 Å². The number of alkyl halides is 3. The predicted octanol–water partition coefficient (Wildman–Crippen LogP) is 6.63. The predicted molar refractivity (Wildman–Crippen MR) is 199 cm³/mol. The molecule has 1 aliphatic rings. The Balaban J connectivity index is 1.70. The number of hydrogen-bond donors (Lipinski definition) is 0. The van der Waals surface area contributed by atoms with Crippen molar-refractivity contribution < 1.29 is 32.3 Å². The van der Waals surface area contributed by atoms with Crippen LogP contribution in [0.2, 0.25) is 0 Å². The second-order valence-electron chi connectivity index (χ2n) is 11.6. The van der Waals surface area contributed by atoms with Gasteiger partial charge in [0.25, 0.3) is 5.91 Å². The van der Waals surface area contributed by atoms with Gasteiger partial charge in [-0.15, -0.1) is 5.10 Å². The van der Waals surface area contributed by atoms with Gasteiger partial charge in [0.05, 0.1) is 29.9 Å². The zero-order chi connectivity index (χ0) is 36.9. The van der Waals surface area contributed by atoms with Gasteiger partial charge in [0.2, 0.25) is 0 Å². The third-order valence-corrected chi connectivity index (χ3v) is 12.9. The molecule has 0 bridgehead atoms. The number of carbonyl (C=O) groups is 3. The Morgan fingerprint density at radius 2 is 1.19 bits per heavy atom. The van der Waals surface area contributed by atoms with Gasteiger partial charge >= 0.3 is 18.2 Å². The van der Waals surface area contributed by atoms with Crippen LogP contribution in [-0.4, -0.2) is 53.3 Å². The molecule has 0 saturated carbocycles. The van der Waals surface area contributed by atoms with Crippen molar-refractivity contribution in [1.29, 1.82) is 0 Å². The number of nitrogens with zero attached hydrogens (tertiary/aromatic N) is 4. The van der Waals surface area contributed by atoms with Crippen LogP contribution in [0.1, 0.15) is 18.1 Å². The lowest BCUT2D eigenvalue weighted by molar-refractivity contribution is -0.137. The first-order valence-electron chi connectivity index (χ1n) is 16.1. The molecule has 0 aliphatic carbocycles. The molecule has 1 unspecified atom stereocenters. The summed E-state index contributed by atoms with van der Waals surface area (Å²) in [6.07, 6.45) is -3.18. The maximum absolute atomic E-state index is 14.9. The van der Waals surface area contributed by atoms with Crippen molar-refractivity contribution >= 4 is 63.7 Å². The number of ether oxygens (including phenoxy) is 1. The molecule has 1 aliphatic heterocycles. The third-order valence-electron chi connectivity index (χ3n) is 8.57. The molecule has 1 heterocycles. The first-order chi connectivity index (χ1) is 25.1. The molecule has 0 N–H and O–H groups in total. The van der Waals surface area contributed by atoms with Crippen LogP contribution in [0.4, 0.5) is 23.7 Å². The average molecular weight is 721 g/mol. The maximum Gasteiger partial charge on any atom is 0.416 e. The van der Waals surface area contributed by atoms with Crippen molar-refractivity contribution in [3.63, 3.8) is 0 Å². The standard InChI is InChI=1S/C40H32F3N4O4P/c1-28(45-44-27-29-15-7-3-8-16-29)46-35(37(48)47(39(46)50)31-25-23-30(24-26-31)40(41,42)43)36(38(49)51-2)52(32-17-9-4-10-18-32,33-19-11-5-12-20-33)34-21-13-6-14-22-34/h3-27,35H,1-2H3/b44-27+,45-28-. The number of urea groups is 1. The van der Waals surface area contributed by atoms with Crippen molar-refractivity contribution in [2.24, 2.45) is 10.2 Å². The van der Waals surface area contributed by atoms with E-state index in [9.17, 15) is 27.6 Å². The molecule has 0 spiro atoms. The minimum Gasteiger partial charge on any atom is -0.466 e. The van der Waals surface area contributed by atoms with E-state index in [4.69, 9.17) is 4.74 Å². The minimum absolute atomic E-state index is 0.0343. The molecule has 1 atom stereocenters. The van der Waals surface area contributed by atoms with Gasteiger partial charge < -0.3 is 4.74 Å². The Kier molecular flexibility index (Phi) is 10.3. The second kappa shape index (κ2) is 15.0. The summed E-state index contributed by atoms with van der Waals surface area (Å²) in [5, 5.41) is 10.5. The highest BCUT2D eigenvalue weighted by Gasteiger charge is 2.54. The molecular weight excluding hydrogens is 688 g/mol. The molecule has 5 aromatic carbocycles. The third kappa shape index (κ3) is 6.70. The Bertz CT molecular complexity index is 2090. The lowest BCUT2D eigenvalue weighted by Crippen LogP contribution is -2.50. The van der Waals surface area contributed by atoms with Gasteiger partial charge in [-0.3, -0.25) is 9.69 Å². The van der Waals surface area contributed by atoms with E-state index >= 15 is 0 Å². The molecule has 6 rings (SSSR count). The van der Waals surface area contributed by atoms with Crippen molar-refractivity contribution in [3.8, 4) is 0 Å². The van der Waals surface area contributed by atoms with Crippen molar-refractivity contribution in [2.45, 2.75) is 19.1 Å². The Morgan fingerprint density at radius 3 is 1.63 bits per heavy atom. The van der Waals surface area contributed by atoms with Crippen LogP contribution in [0.3, 0.4) is 0 Å². The molecule has 0 radical (unpaired) electrons. The number of amidine groups is 1. The highest BCUT2D eigenvalue weighted by molar-refractivity contribution is 7.96. The molecule has 8 nitrogen and oxygen atoms in total. The second-order valence-corrected chi connectivity index (χ2v) is 15.0. The van der Waals surface area contributed by atoms with E-state index in [0.29, 0.717) is 15.9 Å². The fraction of sp³-hybridized carbons (Fsp3) is 0.100. The molecule has 262 valence electrons. The zero-order valence-corrected chi connectivity index (χ0v) is 28.9. The number of amides is 3. The van der Waals surface area contributed by atoms with Gasteiger partial charge in [-0.05, 0) is 59.6 Å². The van der Waals surface area contributed by atoms with Crippen molar-refractivity contribution in [3.05, 3.63) is 157 Å². The van der Waals surface area contributed by atoms with E-state index < -0.39 is 42.6 Å². The molecule has 3 amide bonds. The quantitative estimate of drug-likeness (QED) is 0.0450. The van der Waals surface area contributed by atoms with Crippen LogP contribution in [0, 0.1) is 0 Å². The first kappa shape index (κ1) is 35.8. The molecule has 1 saturated heterocycles. The monoisotopic (exact) mass is 720 g/mol. The summed E-state index contributed by atoms with van der Waals surface area (Å²) in [6, 6.07) is 37.8. The topological polar surface area (TPSA) is 91.6 Å². The van der Waals surface area contributed by atoms with E-state index in [1.54, 1.807) is 12.1 Å². The van der Waals surface area contributed by atoms with Crippen LogP contribution in [0.15, 0.2) is 156 Å². The lowest BCUT2D eigenvalue weighted by atomic mass is 10.1. The number of imide groups is 1. The van der Waals surface area contributed by atoms with Crippen LogP contribution in [0.25, 0.3) is 0 Å². The molecule has 52 heavy (non-hydrogen) atoms. The van der Waals surface area contributed by atoms with Crippen molar-refractivity contribution in [2.75, 3.05) is 12.0 Å². The van der Waals surface area contributed by atoms with Gasteiger partial charge in [0.15, 0.2) is 6.04 Å². The van der Waals surface area contributed by atoms with E-state index in [0.717, 1.165) is 39.6 Å². The zero-order valence-electron chi connectivity index (χ0n) is 28.0. The SMILES string of the molecule is COC(=O)C(C1C(=O)N(c2ccc(C(F)(F)F)cc2)C(=O)N1/C(C)=N\N=C\c1ccccc1)=P(c1ccccc1)(c1ccccc1)c1ccccc1. The summed E-state index contributed by atoms with van der Waals surface area (Å²) in [5.74, 6) is -1.77. The number of carbonyl (C=O) groups excluding carboxylic acids is 3. The fourth-order valence-electron chi connectivity index (χ4n) is 6.27. The molecule has 1 fully saturated rings. The number of halogens is 3. The molecular formula is C40H32F3N4O4P. The summed E-state index contributed by atoms with van der Waals surface area (Å²) in [7, 11) is 1.20. The number of anilines is 1. The minimum atomic E-state index is -4.65. The van der Waals surface area contributed by atoms with Crippen LogP contribution >= 0.6 is 6.89 Å². The lowest BCUT2D eigenvalue weighted by Gasteiger charge is -2.35. The average Bonchev–Trinajstić information content (AvgIpc) is 3.43. The summed E-state index contributed by atoms with van der Waals surface area (Å²) in [5.41, 5.74) is -0.362. The molecule has 0 aromatic heterocycles. The number of hydrogen-bond acceptors (Lipinski definition) is 6. The molecule has 12 heteroatoms. The maximum atomic E-state index is 14.9. The molecule has 5 aromatic rings. The van der Waals surface area contributed by atoms with E-state index in [1.165, 1.54) is 20.2 Å². The number of methoxy groups -OCH3 is 1.